The van der Waals surface area contributed by atoms with E-state index in [0.29, 0.717) is 12.8 Å². The topological polar surface area (TPSA) is 102 Å². The average molecular weight is 718 g/mol. The van der Waals surface area contributed by atoms with E-state index >= 15 is 0 Å². The molecule has 0 amide bonds. The molecule has 8 heteroatoms. The van der Waals surface area contributed by atoms with Gasteiger partial charge < -0.3 is 28.6 Å². The number of hydrogen-bond donors (Lipinski definition) is 0. The zero-order valence-corrected chi connectivity index (χ0v) is 33.3. The van der Waals surface area contributed by atoms with Crippen LogP contribution in [0.5, 0.6) is 0 Å². The highest BCUT2D eigenvalue weighted by Crippen LogP contribution is 2.13. The number of likely N-dealkylation sites (N-methyl/N-ethyl adjacent to an activating group) is 1. The molecule has 0 N–H and O–H groups in total. The van der Waals surface area contributed by atoms with Gasteiger partial charge in [0.05, 0.1) is 40.3 Å². The van der Waals surface area contributed by atoms with Crippen molar-refractivity contribution in [3.63, 3.8) is 0 Å². The minimum atomic E-state index is -1.13. The van der Waals surface area contributed by atoms with Crippen LogP contribution in [-0.2, 0) is 28.6 Å². The Balaban J connectivity index is 4.42. The van der Waals surface area contributed by atoms with Gasteiger partial charge >= 0.3 is 11.9 Å². The van der Waals surface area contributed by atoms with Crippen LogP contribution in [0.25, 0.3) is 0 Å². The molecule has 0 spiro atoms. The third kappa shape index (κ3) is 32.9. The molecule has 0 radical (unpaired) electrons. The number of esters is 2. The molecule has 0 bridgehead atoms. The first kappa shape index (κ1) is 48.3. The lowest BCUT2D eigenvalue weighted by molar-refractivity contribution is -0.889. The van der Waals surface area contributed by atoms with Crippen molar-refractivity contribution in [2.75, 3.05) is 41.0 Å². The Labute approximate surface area is 312 Å². The molecule has 2 atom stereocenters. The summed E-state index contributed by atoms with van der Waals surface area (Å²) < 4.78 is 17.1. The molecule has 0 rings (SSSR count). The SMILES string of the molecule is CC/C=C/C/C=C/C/C=C/CCCCCCCCC(=O)OC(COCCC(C(=O)[O-])[N+](C)(C)C)COC(=O)CCCCCCC/C=C/CCCC. The number of carboxylic acid groups (broad SMARTS) is 1. The van der Waals surface area contributed by atoms with Gasteiger partial charge in [-0.3, -0.25) is 9.59 Å². The molecule has 0 saturated carbocycles. The Bertz CT molecular complexity index is 979. The van der Waals surface area contributed by atoms with Crippen LogP contribution in [0.15, 0.2) is 48.6 Å². The van der Waals surface area contributed by atoms with E-state index in [2.05, 4.69) is 62.5 Å². The first-order valence-electron chi connectivity index (χ1n) is 20.2. The number of unbranched alkanes of at least 4 members (excludes halogenated alkanes) is 13. The molecule has 0 saturated heterocycles. The van der Waals surface area contributed by atoms with Gasteiger partial charge in [0.1, 0.15) is 12.6 Å². The van der Waals surface area contributed by atoms with Crippen LogP contribution in [0.4, 0.5) is 0 Å². The maximum absolute atomic E-state index is 12.7. The van der Waals surface area contributed by atoms with E-state index in [4.69, 9.17) is 14.2 Å². The third-order valence-corrected chi connectivity index (χ3v) is 8.70. The summed E-state index contributed by atoms with van der Waals surface area (Å²) >= 11 is 0. The van der Waals surface area contributed by atoms with Crippen LogP contribution in [0.2, 0.25) is 0 Å². The fourth-order valence-corrected chi connectivity index (χ4v) is 5.53. The standard InChI is InChI=1S/C43H75NO7/c1-6-8-10-12-14-16-18-19-20-21-22-24-26-28-30-32-34-42(46)51-39(37-49-36-35-40(43(47)48)44(3,4)5)38-50-41(45)33-31-29-27-25-23-17-15-13-11-9-7-2/h8,10,13-16,19-20,39-40H,6-7,9,11-12,17-18,21-38H2,1-5H3/b10-8+,15-13+,16-14+,20-19+. The van der Waals surface area contributed by atoms with Crippen molar-refractivity contribution < 1.29 is 38.2 Å². The number of rotatable bonds is 35. The molecule has 0 heterocycles. The number of aliphatic carboxylic acids is 1. The fraction of sp³-hybridized carbons (Fsp3) is 0.744. The van der Waals surface area contributed by atoms with Crippen molar-refractivity contribution in [1.29, 1.82) is 0 Å². The summed E-state index contributed by atoms with van der Waals surface area (Å²) in [6.07, 6.45) is 38.4. The molecule has 0 aromatic carbocycles. The van der Waals surface area contributed by atoms with E-state index in [1.165, 1.54) is 38.5 Å². The highest BCUT2D eigenvalue weighted by atomic mass is 16.6. The van der Waals surface area contributed by atoms with Gasteiger partial charge in [0, 0.05) is 19.3 Å². The van der Waals surface area contributed by atoms with Gasteiger partial charge in [0.25, 0.3) is 0 Å². The van der Waals surface area contributed by atoms with E-state index in [1.807, 2.05) is 0 Å². The zero-order chi connectivity index (χ0) is 37.8. The minimum absolute atomic E-state index is 0.0316. The maximum Gasteiger partial charge on any atom is 0.306 e. The second kappa shape index (κ2) is 34.4. The summed E-state index contributed by atoms with van der Waals surface area (Å²) in [5.74, 6) is -1.77. The molecular weight excluding hydrogens is 642 g/mol. The second-order valence-corrected chi connectivity index (χ2v) is 14.5. The van der Waals surface area contributed by atoms with Crippen molar-refractivity contribution in [3.8, 4) is 0 Å². The smallest absolute Gasteiger partial charge is 0.306 e. The monoisotopic (exact) mass is 718 g/mol. The molecule has 0 aliphatic rings. The van der Waals surface area contributed by atoms with Gasteiger partial charge in [0.2, 0.25) is 0 Å². The molecular formula is C43H75NO7. The Kier molecular flexibility index (Phi) is 32.6. The Hall–Kier alpha value is -2.71. The molecule has 51 heavy (non-hydrogen) atoms. The molecule has 294 valence electrons. The van der Waals surface area contributed by atoms with Crippen LogP contribution in [-0.4, -0.2) is 75.5 Å². The summed E-state index contributed by atoms with van der Waals surface area (Å²) in [4.78, 5) is 36.7. The van der Waals surface area contributed by atoms with Crippen molar-refractivity contribution in [2.24, 2.45) is 0 Å². The second-order valence-electron chi connectivity index (χ2n) is 14.5. The number of carbonyl (C=O) groups excluding carboxylic acids is 3. The van der Waals surface area contributed by atoms with E-state index in [-0.39, 0.29) is 42.7 Å². The maximum atomic E-state index is 12.7. The van der Waals surface area contributed by atoms with Crippen molar-refractivity contribution in [3.05, 3.63) is 48.6 Å². The van der Waals surface area contributed by atoms with Gasteiger partial charge in [-0.15, -0.1) is 0 Å². The molecule has 0 aromatic heterocycles. The molecule has 0 aromatic rings. The number of allylic oxidation sites excluding steroid dienone is 8. The largest absolute Gasteiger partial charge is 0.544 e. The zero-order valence-electron chi connectivity index (χ0n) is 33.3. The normalized spacial score (nSPS) is 13.5. The van der Waals surface area contributed by atoms with Crippen LogP contribution in [0.3, 0.4) is 0 Å². The van der Waals surface area contributed by atoms with Crippen LogP contribution >= 0.6 is 0 Å². The quantitative estimate of drug-likeness (QED) is 0.0279. The molecule has 0 fully saturated rings. The molecule has 0 aliphatic heterocycles. The predicted molar refractivity (Wildman–Crippen MR) is 208 cm³/mol. The lowest BCUT2D eigenvalue weighted by atomic mass is 10.1. The molecule has 8 nitrogen and oxygen atoms in total. The van der Waals surface area contributed by atoms with E-state index in [0.717, 1.165) is 83.5 Å². The molecule has 0 aliphatic carbocycles. The third-order valence-electron chi connectivity index (χ3n) is 8.70. The number of carboxylic acids is 1. The number of nitrogens with zero attached hydrogens (tertiary/aromatic N) is 1. The first-order chi connectivity index (χ1) is 24.6. The summed E-state index contributed by atoms with van der Waals surface area (Å²) in [7, 11) is 5.39. The number of quaternary nitrogens is 1. The Morgan fingerprint density at radius 3 is 1.65 bits per heavy atom. The Morgan fingerprint density at radius 1 is 0.608 bits per heavy atom. The first-order valence-corrected chi connectivity index (χ1v) is 20.2. The summed E-state index contributed by atoms with van der Waals surface area (Å²) in [6, 6.07) is -0.729. The summed E-state index contributed by atoms with van der Waals surface area (Å²) in [5.41, 5.74) is 0. The lowest BCUT2D eigenvalue weighted by Crippen LogP contribution is -2.55. The van der Waals surface area contributed by atoms with E-state index < -0.39 is 18.1 Å². The van der Waals surface area contributed by atoms with Gasteiger partial charge in [0.15, 0.2) is 6.10 Å². The van der Waals surface area contributed by atoms with Crippen molar-refractivity contribution in [1.82, 2.24) is 0 Å². The van der Waals surface area contributed by atoms with Crippen LogP contribution < -0.4 is 5.11 Å². The number of carbonyl (C=O) groups is 3. The summed E-state index contributed by atoms with van der Waals surface area (Å²) in [6.45, 7) is 4.47. The number of hydrogen-bond acceptors (Lipinski definition) is 7. The van der Waals surface area contributed by atoms with E-state index in [1.54, 1.807) is 21.1 Å². The van der Waals surface area contributed by atoms with Gasteiger partial charge in [-0.2, -0.15) is 0 Å². The van der Waals surface area contributed by atoms with Crippen LogP contribution in [0.1, 0.15) is 155 Å². The lowest BCUT2D eigenvalue weighted by Gasteiger charge is -2.34. The van der Waals surface area contributed by atoms with Gasteiger partial charge in [-0.25, -0.2) is 0 Å². The van der Waals surface area contributed by atoms with Crippen molar-refractivity contribution in [2.45, 2.75) is 167 Å². The van der Waals surface area contributed by atoms with Crippen molar-refractivity contribution >= 4 is 17.9 Å². The van der Waals surface area contributed by atoms with Gasteiger partial charge in [-0.05, 0) is 64.2 Å². The highest BCUT2D eigenvalue weighted by Gasteiger charge is 2.25. The van der Waals surface area contributed by atoms with Gasteiger partial charge in [-0.1, -0.05) is 120 Å². The minimum Gasteiger partial charge on any atom is -0.544 e. The Morgan fingerprint density at radius 2 is 1.10 bits per heavy atom. The number of ether oxygens (including phenoxy) is 3. The summed E-state index contributed by atoms with van der Waals surface area (Å²) in [5, 5.41) is 11.6. The predicted octanol–water partition coefficient (Wildman–Crippen LogP) is 9.13. The average Bonchev–Trinajstić information content (AvgIpc) is 3.08. The fourth-order valence-electron chi connectivity index (χ4n) is 5.53. The van der Waals surface area contributed by atoms with Crippen LogP contribution in [0, 0.1) is 0 Å². The van der Waals surface area contributed by atoms with E-state index in [9.17, 15) is 19.5 Å². The molecule has 2 unspecified atom stereocenters. The highest BCUT2D eigenvalue weighted by molar-refractivity contribution is 5.70.